The van der Waals surface area contributed by atoms with Crippen molar-refractivity contribution in [1.29, 1.82) is 0 Å². The fourth-order valence-corrected chi connectivity index (χ4v) is 5.17. The van der Waals surface area contributed by atoms with Crippen LogP contribution in [0.25, 0.3) is 0 Å². The van der Waals surface area contributed by atoms with Gasteiger partial charge in [-0.25, -0.2) is 4.79 Å². The first kappa shape index (κ1) is 19.7. The van der Waals surface area contributed by atoms with Crippen LogP contribution in [0.2, 0.25) is 0 Å². The first-order chi connectivity index (χ1) is 13.7. The number of aromatic nitrogens is 1. The van der Waals surface area contributed by atoms with Crippen LogP contribution in [-0.2, 0) is 0 Å². The second-order valence-corrected chi connectivity index (χ2v) is 8.92. The standard InChI is InChI=1S/C21H35N5O2/c1-24-14-8-21(9-15-24,26-10-3-2-4-11-26)17-22-20(27)25-12-5-18(6-13-25)19-7-16-28-23-19/h7,16,18H,2-6,8-15,17H2,1H3,(H,22,27). The Morgan fingerprint density at radius 2 is 1.86 bits per heavy atom. The maximum absolute atomic E-state index is 12.9. The first-order valence-electron chi connectivity index (χ1n) is 11.0. The van der Waals surface area contributed by atoms with Gasteiger partial charge in [-0.05, 0) is 71.8 Å². The Morgan fingerprint density at radius 3 is 2.50 bits per heavy atom. The van der Waals surface area contributed by atoms with E-state index in [9.17, 15) is 4.79 Å². The van der Waals surface area contributed by atoms with Crippen LogP contribution in [0.5, 0.6) is 0 Å². The maximum atomic E-state index is 12.9. The molecule has 28 heavy (non-hydrogen) atoms. The van der Waals surface area contributed by atoms with Gasteiger partial charge in [0.05, 0.1) is 5.69 Å². The second kappa shape index (κ2) is 8.82. The zero-order chi connectivity index (χ0) is 19.4. The van der Waals surface area contributed by atoms with Gasteiger partial charge in [-0.1, -0.05) is 11.6 Å². The Labute approximate surface area is 168 Å². The van der Waals surface area contributed by atoms with Gasteiger partial charge < -0.3 is 19.6 Å². The largest absolute Gasteiger partial charge is 0.365 e. The predicted octanol–water partition coefficient (Wildman–Crippen LogP) is 2.51. The van der Waals surface area contributed by atoms with Crippen molar-refractivity contribution in [3.63, 3.8) is 0 Å². The molecule has 3 fully saturated rings. The van der Waals surface area contributed by atoms with Gasteiger partial charge in [0.15, 0.2) is 0 Å². The van der Waals surface area contributed by atoms with Crippen LogP contribution >= 0.6 is 0 Å². The van der Waals surface area contributed by atoms with Gasteiger partial charge in [-0.2, -0.15) is 0 Å². The van der Waals surface area contributed by atoms with Crippen LogP contribution in [0.3, 0.4) is 0 Å². The summed E-state index contributed by atoms with van der Waals surface area (Å²) in [6.45, 7) is 6.98. The van der Waals surface area contributed by atoms with Crippen molar-refractivity contribution in [2.24, 2.45) is 0 Å². The molecule has 1 aromatic rings. The van der Waals surface area contributed by atoms with E-state index in [0.717, 1.165) is 64.1 Å². The Kier molecular flexibility index (Phi) is 6.21. The summed E-state index contributed by atoms with van der Waals surface area (Å²) in [5.41, 5.74) is 1.16. The topological polar surface area (TPSA) is 64.9 Å². The van der Waals surface area contributed by atoms with Crippen molar-refractivity contribution < 1.29 is 9.32 Å². The molecule has 3 aliphatic rings. The number of piperidine rings is 3. The highest BCUT2D eigenvalue weighted by atomic mass is 16.5. The molecule has 0 radical (unpaired) electrons. The monoisotopic (exact) mass is 389 g/mol. The van der Waals surface area contributed by atoms with E-state index in [4.69, 9.17) is 4.52 Å². The lowest BCUT2D eigenvalue weighted by Gasteiger charge is -2.50. The fourth-order valence-electron chi connectivity index (χ4n) is 5.17. The van der Waals surface area contributed by atoms with Crippen LogP contribution < -0.4 is 5.32 Å². The molecule has 4 rings (SSSR count). The number of hydrogen-bond donors (Lipinski definition) is 1. The minimum absolute atomic E-state index is 0.105. The molecule has 0 saturated carbocycles. The van der Waals surface area contributed by atoms with E-state index in [1.54, 1.807) is 6.26 Å². The van der Waals surface area contributed by atoms with E-state index < -0.39 is 0 Å². The summed E-state index contributed by atoms with van der Waals surface area (Å²) < 4.78 is 4.97. The number of rotatable bonds is 4. The molecule has 156 valence electrons. The van der Waals surface area contributed by atoms with Crippen molar-refractivity contribution in [3.05, 3.63) is 18.0 Å². The van der Waals surface area contributed by atoms with Gasteiger partial charge in [-0.15, -0.1) is 0 Å². The molecule has 1 N–H and O–H groups in total. The van der Waals surface area contributed by atoms with Crippen molar-refractivity contribution in [1.82, 2.24) is 25.2 Å². The first-order valence-corrected chi connectivity index (χ1v) is 11.0. The zero-order valence-corrected chi connectivity index (χ0v) is 17.2. The van der Waals surface area contributed by atoms with Crippen LogP contribution in [0.1, 0.15) is 56.6 Å². The van der Waals surface area contributed by atoms with E-state index in [0.29, 0.717) is 5.92 Å². The quantitative estimate of drug-likeness (QED) is 0.857. The van der Waals surface area contributed by atoms with Gasteiger partial charge in [0.2, 0.25) is 0 Å². The van der Waals surface area contributed by atoms with Gasteiger partial charge in [-0.3, -0.25) is 4.90 Å². The SMILES string of the molecule is CN1CCC(CNC(=O)N2CCC(c3ccon3)CC2)(N2CCCCC2)CC1. The molecule has 0 unspecified atom stereocenters. The van der Waals surface area contributed by atoms with Crippen LogP contribution in [0, 0.1) is 0 Å². The summed E-state index contributed by atoms with van der Waals surface area (Å²) >= 11 is 0. The Bertz CT molecular complexity index is 613. The molecule has 0 spiro atoms. The zero-order valence-electron chi connectivity index (χ0n) is 17.2. The van der Waals surface area contributed by atoms with Crippen molar-refractivity contribution in [2.45, 2.75) is 56.4 Å². The minimum atomic E-state index is 0.105. The molecule has 7 nitrogen and oxygen atoms in total. The molecule has 4 heterocycles. The van der Waals surface area contributed by atoms with Gasteiger partial charge in [0.1, 0.15) is 6.26 Å². The maximum Gasteiger partial charge on any atom is 0.317 e. The molecular weight excluding hydrogens is 354 g/mol. The number of nitrogens with one attached hydrogen (secondary N) is 1. The summed E-state index contributed by atoms with van der Waals surface area (Å²) in [7, 11) is 2.21. The number of urea groups is 1. The molecule has 1 aromatic heterocycles. The number of carbonyl (C=O) groups is 1. The smallest absolute Gasteiger partial charge is 0.317 e. The van der Waals surface area contributed by atoms with E-state index in [1.807, 2.05) is 11.0 Å². The van der Waals surface area contributed by atoms with Crippen molar-refractivity contribution in [3.8, 4) is 0 Å². The lowest BCUT2D eigenvalue weighted by atomic mass is 9.84. The highest BCUT2D eigenvalue weighted by molar-refractivity contribution is 5.74. The molecule has 2 amide bonds. The Morgan fingerprint density at radius 1 is 1.14 bits per heavy atom. The molecular formula is C21H35N5O2. The third kappa shape index (κ3) is 4.35. The molecule has 3 aliphatic heterocycles. The lowest BCUT2D eigenvalue weighted by Crippen LogP contribution is -2.62. The number of amides is 2. The third-order valence-electron chi connectivity index (χ3n) is 7.17. The van der Waals surface area contributed by atoms with Crippen LogP contribution in [-0.4, -0.2) is 84.3 Å². The van der Waals surface area contributed by atoms with Crippen molar-refractivity contribution >= 4 is 6.03 Å². The van der Waals surface area contributed by atoms with Gasteiger partial charge in [0.25, 0.3) is 0 Å². The van der Waals surface area contributed by atoms with Gasteiger partial charge in [0, 0.05) is 37.2 Å². The molecule has 0 aromatic carbocycles. The fraction of sp³-hybridized carbons (Fsp3) is 0.810. The van der Waals surface area contributed by atoms with E-state index in [1.165, 1.54) is 32.4 Å². The molecule has 0 aliphatic carbocycles. The highest BCUT2D eigenvalue weighted by Crippen LogP contribution is 2.31. The van der Waals surface area contributed by atoms with Gasteiger partial charge >= 0.3 is 6.03 Å². The number of hydrogen-bond acceptors (Lipinski definition) is 5. The normalized spacial score (nSPS) is 25.0. The van der Waals surface area contributed by atoms with Crippen molar-refractivity contribution in [2.75, 3.05) is 52.9 Å². The molecule has 3 saturated heterocycles. The van der Waals surface area contributed by atoms with Crippen LogP contribution in [0.15, 0.2) is 16.9 Å². The minimum Gasteiger partial charge on any atom is -0.365 e. The molecule has 7 heteroatoms. The third-order valence-corrected chi connectivity index (χ3v) is 7.17. The van der Waals surface area contributed by atoms with E-state index in [-0.39, 0.29) is 11.6 Å². The lowest BCUT2D eigenvalue weighted by molar-refractivity contribution is 0.0152. The predicted molar refractivity (Wildman–Crippen MR) is 108 cm³/mol. The Hall–Kier alpha value is -1.60. The summed E-state index contributed by atoms with van der Waals surface area (Å²) in [4.78, 5) is 20.0. The highest BCUT2D eigenvalue weighted by Gasteiger charge is 2.40. The van der Waals surface area contributed by atoms with E-state index >= 15 is 0 Å². The second-order valence-electron chi connectivity index (χ2n) is 8.92. The summed E-state index contributed by atoms with van der Waals surface area (Å²) in [6, 6.07) is 2.05. The summed E-state index contributed by atoms with van der Waals surface area (Å²) in [5.74, 6) is 0.413. The number of nitrogens with zero attached hydrogens (tertiary/aromatic N) is 4. The number of likely N-dealkylation sites (tertiary alicyclic amines) is 3. The average molecular weight is 390 g/mol. The number of carbonyl (C=O) groups excluding carboxylic acids is 1. The van der Waals surface area contributed by atoms with E-state index in [2.05, 4.69) is 27.3 Å². The molecule has 0 bridgehead atoms. The summed E-state index contributed by atoms with van der Waals surface area (Å²) in [6.07, 6.45) is 9.79. The van der Waals surface area contributed by atoms with Crippen LogP contribution in [0.4, 0.5) is 4.79 Å². The Balaban J connectivity index is 1.31. The average Bonchev–Trinajstić information content (AvgIpc) is 3.29. The summed E-state index contributed by atoms with van der Waals surface area (Å²) in [5, 5.41) is 7.39. The molecule has 0 atom stereocenters.